The second-order valence-electron chi connectivity index (χ2n) is 5.65. The maximum atomic E-state index is 12.7. The molecule has 0 radical (unpaired) electrons. The average Bonchev–Trinajstić information content (AvgIpc) is 2.59. The van der Waals surface area contributed by atoms with Crippen LogP contribution < -0.4 is 0 Å². The molecule has 1 unspecified atom stereocenters. The van der Waals surface area contributed by atoms with Crippen molar-refractivity contribution in [3.63, 3.8) is 0 Å². The van der Waals surface area contributed by atoms with Gasteiger partial charge >= 0.3 is 59.1 Å². The number of benzene rings is 1. The quantitative estimate of drug-likeness (QED) is 0.174. The molecule has 0 saturated heterocycles. The molecule has 4 N–H and O–H groups in total. The van der Waals surface area contributed by atoms with Crippen LogP contribution in [0.2, 0.25) is 0 Å². The average molecular weight is 484 g/mol. The summed E-state index contributed by atoms with van der Waals surface area (Å²) in [4.78, 5) is 11.1. The van der Waals surface area contributed by atoms with Crippen molar-refractivity contribution in [1.82, 2.24) is 0 Å². The van der Waals surface area contributed by atoms with Gasteiger partial charge in [-0.05, 0) is 24.3 Å². The number of rotatable bonds is 6. The van der Waals surface area contributed by atoms with Gasteiger partial charge in [-0.3, -0.25) is 13.9 Å². The van der Waals surface area contributed by atoms with Gasteiger partial charge in [0.15, 0.2) is 5.78 Å². The summed E-state index contributed by atoms with van der Waals surface area (Å²) < 4.78 is 74.3. The second kappa shape index (κ2) is 10.6. The molecule has 1 aromatic carbocycles. The Morgan fingerprint density at radius 1 is 1.00 bits per heavy atom. The molecule has 0 amide bonds. The monoisotopic (exact) mass is 484 g/mol. The number of carbonyl (C=O) groups excluding carboxylic acids is 1. The van der Waals surface area contributed by atoms with Crippen LogP contribution in [0.15, 0.2) is 45.9 Å². The minimum atomic E-state index is -4.97. The van der Waals surface area contributed by atoms with E-state index in [1.54, 1.807) is 0 Å². The second-order valence-corrected chi connectivity index (χ2v) is 8.46. The summed E-state index contributed by atoms with van der Waals surface area (Å²) in [5.41, 5.74) is -0.631. The van der Waals surface area contributed by atoms with Gasteiger partial charge in [0, 0.05) is 20.3 Å². The molecule has 1 aliphatic rings. The Morgan fingerprint density at radius 2 is 1.53 bits per heavy atom. The number of methoxy groups -OCH3 is 2. The third-order valence-electron chi connectivity index (χ3n) is 4.02. The van der Waals surface area contributed by atoms with E-state index in [4.69, 9.17) is 14.0 Å². The van der Waals surface area contributed by atoms with Crippen LogP contribution in [-0.4, -0.2) is 121 Å². The van der Waals surface area contributed by atoms with Crippen LogP contribution in [0.3, 0.4) is 0 Å². The van der Waals surface area contributed by atoms with E-state index in [-0.39, 0.29) is 59.1 Å². The van der Waals surface area contributed by atoms with Gasteiger partial charge in [0.05, 0.1) is 16.4 Å². The molecule has 0 aromatic heterocycles. The normalized spacial score (nSPS) is 18.3. The summed E-state index contributed by atoms with van der Waals surface area (Å²) in [6, 6.07) is 2.30. The van der Waals surface area contributed by atoms with Crippen molar-refractivity contribution in [2.75, 3.05) is 14.2 Å². The number of phenols is 1. The Bertz CT molecular complexity index is 1090. The van der Waals surface area contributed by atoms with Gasteiger partial charge in [-0.25, -0.2) is 0 Å². The van der Waals surface area contributed by atoms with Gasteiger partial charge < -0.3 is 19.7 Å². The first kappa shape index (κ1) is 29.7. The fourth-order valence-electron chi connectivity index (χ4n) is 2.63. The van der Waals surface area contributed by atoms with Crippen LogP contribution >= 0.6 is 0 Å². The summed E-state index contributed by atoms with van der Waals surface area (Å²) in [6.07, 6.45) is 1.36. The molecular weight excluding hydrogens is 466 g/mol. The molecule has 15 heteroatoms. The molecule has 0 heterocycles. The topological polar surface area (TPSA) is 185 Å². The zero-order valence-electron chi connectivity index (χ0n) is 14.4. The first-order valence-corrected chi connectivity index (χ1v) is 10.2. The van der Waals surface area contributed by atoms with Crippen LogP contribution in [0.5, 0.6) is 5.75 Å². The number of phenolic OH excluding ortho intramolecular Hbond substituents is 1. The van der Waals surface area contributed by atoms with E-state index in [0.717, 1.165) is 32.4 Å². The summed E-state index contributed by atoms with van der Waals surface area (Å²) in [6.45, 7) is 0. The number of ketones is 1. The van der Waals surface area contributed by atoms with Crippen molar-refractivity contribution < 1.29 is 50.4 Å². The van der Waals surface area contributed by atoms with E-state index in [1.165, 1.54) is 0 Å². The van der Waals surface area contributed by atoms with Crippen molar-refractivity contribution in [3.8, 4) is 5.75 Å². The molecule has 11 nitrogen and oxygen atoms in total. The van der Waals surface area contributed by atoms with Gasteiger partial charge in [0.25, 0.3) is 20.2 Å². The Balaban J connectivity index is 0.00000420. The third kappa shape index (κ3) is 5.94. The van der Waals surface area contributed by atoms with Gasteiger partial charge in [-0.15, -0.1) is 0 Å². The molecule has 2 rings (SSSR count). The van der Waals surface area contributed by atoms with Crippen molar-refractivity contribution in [2.24, 2.45) is 5.92 Å². The molecule has 0 saturated carbocycles. The number of aliphatic hydroxyl groups is 1. The summed E-state index contributed by atoms with van der Waals surface area (Å²) in [5, 5.41) is 20.1. The number of Topliss-reactive ketones (excluding diaryl/α,β-unsaturated/α-hetero) is 1. The SMILES string of the molecule is COC1(OC)C=C(O)C(C(=O)c2cc(S(=O)(=O)O)ccc2O)C=C1S(=O)(=O)O.[NaH].[NaH]. The van der Waals surface area contributed by atoms with Crippen LogP contribution in [-0.2, 0) is 29.7 Å². The zero-order chi connectivity index (χ0) is 21.5. The number of hydrogen-bond donors (Lipinski definition) is 4. The van der Waals surface area contributed by atoms with Crippen molar-refractivity contribution in [2.45, 2.75) is 10.7 Å². The van der Waals surface area contributed by atoms with Gasteiger partial charge in [-0.2, -0.15) is 16.8 Å². The molecule has 0 fully saturated rings. The molecule has 0 bridgehead atoms. The van der Waals surface area contributed by atoms with Crippen LogP contribution in [0.25, 0.3) is 0 Å². The van der Waals surface area contributed by atoms with E-state index in [2.05, 4.69) is 0 Å². The summed E-state index contributed by atoms with van der Waals surface area (Å²) in [7, 11) is -7.63. The van der Waals surface area contributed by atoms with Crippen molar-refractivity contribution in [3.05, 3.63) is 46.6 Å². The van der Waals surface area contributed by atoms with Crippen molar-refractivity contribution in [1.29, 1.82) is 0 Å². The van der Waals surface area contributed by atoms with E-state index >= 15 is 0 Å². The number of carbonyl (C=O) groups is 1. The van der Waals surface area contributed by atoms with Gasteiger partial charge in [-0.1, -0.05) is 0 Å². The standard InChI is InChI=1S/C15H16O11S2.2Na.2H/c1-25-15(26-2)7-12(17)10(6-13(15)28(22,23)24)14(18)9-5-8(27(19,20)21)3-4-11(9)16;;;;/h3-7,10,16-17H,1-2H3,(H,19,20,21)(H,22,23,24);;;;. The van der Waals surface area contributed by atoms with Crippen LogP contribution in [0, 0.1) is 5.92 Å². The third-order valence-corrected chi connectivity index (χ3v) is 5.84. The summed E-state index contributed by atoms with van der Waals surface area (Å²) >= 11 is 0. The van der Waals surface area contributed by atoms with Crippen LogP contribution in [0.4, 0.5) is 0 Å². The van der Waals surface area contributed by atoms with E-state index in [0.29, 0.717) is 12.1 Å². The Morgan fingerprint density at radius 3 is 1.97 bits per heavy atom. The van der Waals surface area contributed by atoms with Gasteiger partial charge in [0.2, 0.25) is 5.79 Å². The molecule has 1 atom stereocenters. The van der Waals surface area contributed by atoms with E-state index in [1.807, 2.05) is 0 Å². The Labute approximate surface area is 216 Å². The minimum absolute atomic E-state index is 0. The molecule has 158 valence electrons. The molecule has 0 spiro atoms. The fourth-order valence-corrected chi connectivity index (χ4v) is 4.03. The molecule has 0 aliphatic heterocycles. The summed E-state index contributed by atoms with van der Waals surface area (Å²) in [5.74, 6) is -6.52. The zero-order valence-corrected chi connectivity index (χ0v) is 16.1. The number of aliphatic hydroxyl groups excluding tert-OH is 1. The molecule has 30 heavy (non-hydrogen) atoms. The predicted octanol–water partition coefficient (Wildman–Crippen LogP) is -0.643. The predicted molar refractivity (Wildman–Crippen MR) is 107 cm³/mol. The first-order chi connectivity index (χ1) is 12.8. The fraction of sp³-hybridized carbons (Fsp3) is 0.267. The van der Waals surface area contributed by atoms with Crippen molar-refractivity contribution >= 4 is 85.1 Å². The number of aromatic hydroxyl groups is 1. The van der Waals surface area contributed by atoms with E-state index < -0.39 is 64.6 Å². The molecule has 1 aromatic rings. The number of ether oxygens (including phenoxy) is 2. The first-order valence-electron chi connectivity index (χ1n) is 7.33. The maximum absolute atomic E-state index is 12.7. The molecular formula is C15H18Na2O11S2. The molecule has 1 aliphatic carbocycles. The number of hydrogen-bond acceptors (Lipinski definition) is 9. The number of allylic oxidation sites excluding steroid dienone is 1. The van der Waals surface area contributed by atoms with Crippen LogP contribution in [0.1, 0.15) is 10.4 Å². The Kier molecular flexibility index (Phi) is 10.4. The van der Waals surface area contributed by atoms with Gasteiger partial charge in [0.1, 0.15) is 16.4 Å². The Hall–Kier alpha value is -0.290. The van der Waals surface area contributed by atoms with E-state index in [9.17, 15) is 36.4 Å².